The summed E-state index contributed by atoms with van der Waals surface area (Å²) in [5.74, 6) is 0. The molecule has 0 aliphatic rings. The van der Waals surface area contributed by atoms with Gasteiger partial charge in [0.25, 0.3) is 0 Å². The highest BCUT2D eigenvalue weighted by molar-refractivity contribution is 6.30. The zero-order valence-electron chi connectivity index (χ0n) is 8.26. The average Bonchev–Trinajstić information content (AvgIpc) is 2.08. The van der Waals surface area contributed by atoms with Gasteiger partial charge in [0.15, 0.2) is 0 Å². The van der Waals surface area contributed by atoms with Gasteiger partial charge in [-0.15, -0.1) is 6.58 Å². The lowest BCUT2D eigenvalue weighted by Crippen LogP contribution is -2.12. The van der Waals surface area contributed by atoms with Crippen molar-refractivity contribution in [2.24, 2.45) is 5.73 Å². The van der Waals surface area contributed by atoms with Gasteiger partial charge in [0.05, 0.1) is 0 Å². The maximum atomic E-state index is 5.97. The molecule has 0 aromatic heterocycles. The Morgan fingerprint density at radius 1 is 1.57 bits per heavy atom. The second kappa shape index (κ2) is 4.49. The van der Waals surface area contributed by atoms with E-state index < -0.39 is 0 Å². The van der Waals surface area contributed by atoms with Gasteiger partial charge >= 0.3 is 0 Å². The van der Waals surface area contributed by atoms with Crippen LogP contribution in [-0.2, 0) is 0 Å². The Morgan fingerprint density at radius 3 is 2.79 bits per heavy atom. The first-order valence-corrected chi connectivity index (χ1v) is 4.83. The summed E-state index contributed by atoms with van der Waals surface area (Å²) in [5, 5.41) is 0.659. The third kappa shape index (κ3) is 2.76. The van der Waals surface area contributed by atoms with E-state index in [1.807, 2.05) is 13.0 Å². The lowest BCUT2D eigenvalue weighted by atomic mass is 10.00. The lowest BCUT2D eigenvalue weighted by Gasteiger charge is -2.14. The number of nitrogen functional groups attached to an aromatic ring is 1. The van der Waals surface area contributed by atoms with Gasteiger partial charge in [-0.05, 0) is 37.1 Å². The van der Waals surface area contributed by atoms with Crippen LogP contribution in [0.1, 0.15) is 24.9 Å². The molecule has 76 valence electrons. The monoisotopic (exact) mass is 210 g/mol. The summed E-state index contributed by atoms with van der Waals surface area (Å²) in [4.78, 5) is 0. The highest BCUT2D eigenvalue weighted by atomic mass is 35.5. The molecule has 0 bridgehead atoms. The molecule has 0 radical (unpaired) electrons. The van der Waals surface area contributed by atoms with Crippen molar-refractivity contribution in [3.63, 3.8) is 0 Å². The van der Waals surface area contributed by atoms with Crippen LogP contribution in [0, 0.1) is 0 Å². The van der Waals surface area contributed by atoms with Crippen LogP contribution in [-0.4, -0.2) is 0 Å². The molecule has 0 spiro atoms. The van der Waals surface area contributed by atoms with Gasteiger partial charge < -0.3 is 11.5 Å². The first-order chi connectivity index (χ1) is 6.50. The van der Waals surface area contributed by atoms with Crippen molar-refractivity contribution in [2.45, 2.75) is 19.4 Å². The predicted molar refractivity (Wildman–Crippen MR) is 62.2 cm³/mol. The van der Waals surface area contributed by atoms with Crippen molar-refractivity contribution in [3.8, 4) is 0 Å². The van der Waals surface area contributed by atoms with E-state index in [-0.39, 0.29) is 6.04 Å². The Kier molecular flexibility index (Phi) is 3.55. The van der Waals surface area contributed by atoms with Gasteiger partial charge in [0.1, 0.15) is 0 Å². The van der Waals surface area contributed by atoms with E-state index in [4.69, 9.17) is 23.1 Å². The summed E-state index contributed by atoms with van der Waals surface area (Å²) >= 11 is 5.86. The number of nitrogens with two attached hydrogens (primary N) is 2. The SMILES string of the molecule is C=C(C)C[C@@H](N)c1cc(Cl)ccc1N. The lowest BCUT2D eigenvalue weighted by molar-refractivity contribution is 0.719. The maximum absolute atomic E-state index is 5.97. The number of halogens is 1. The second-order valence-electron chi connectivity index (χ2n) is 3.54. The topological polar surface area (TPSA) is 52.0 Å². The molecule has 1 aromatic rings. The summed E-state index contributed by atoms with van der Waals surface area (Å²) in [6.45, 7) is 5.76. The smallest absolute Gasteiger partial charge is 0.0410 e. The molecule has 0 fully saturated rings. The van der Waals surface area contributed by atoms with Crippen molar-refractivity contribution in [2.75, 3.05) is 5.73 Å². The minimum Gasteiger partial charge on any atom is -0.398 e. The Labute approximate surface area is 89.5 Å². The molecule has 0 aliphatic carbocycles. The summed E-state index contributed by atoms with van der Waals surface area (Å²) in [6.07, 6.45) is 0.727. The third-order valence-electron chi connectivity index (χ3n) is 2.02. The number of benzene rings is 1. The molecule has 0 amide bonds. The summed E-state index contributed by atoms with van der Waals surface area (Å²) in [7, 11) is 0. The van der Waals surface area contributed by atoms with Crippen LogP contribution in [0.4, 0.5) is 5.69 Å². The number of anilines is 1. The van der Waals surface area contributed by atoms with E-state index in [0.717, 1.165) is 17.6 Å². The molecule has 4 N–H and O–H groups in total. The number of hydrogen-bond donors (Lipinski definition) is 2. The van der Waals surface area contributed by atoms with Gasteiger partial charge in [-0.2, -0.15) is 0 Å². The molecular weight excluding hydrogens is 196 g/mol. The van der Waals surface area contributed by atoms with Gasteiger partial charge in [0, 0.05) is 16.8 Å². The fourth-order valence-corrected chi connectivity index (χ4v) is 1.53. The molecular formula is C11H15ClN2. The standard InChI is InChI=1S/C11H15ClN2/c1-7(2)5-11(14)9-6-8(12)3-4-10(9)13/h3-4,6,11H,1,5,13-14H2,2H3/t11-/m1/s1. The molecule has 0 aliphatic heterocycles. The average molecular weight is 211 g/mol. The van der Waals surface area contributed by atoms with Crippen LogP contribution in [0.25, 0.3) is 0 Å². The normalized spacial score (nSPS) is 12.5. The van der Waals surface area contributed by atoms with E-state index in [0.29, 0.717) is 10.7 Å². The molecule has 14 heavy (non-hydrogen) atoms. The van der Waals surface area contributed by atoms with Crippen molar-refractivity contribution in [1.82, 2.24) is 0 Å². The minimum atomic E-state index is -0.119. The second-order valence-corrected chi connectivity index (χ2v) is 3.98. The highest BCUT2D eigenvalue weighted by Crippen LogP contribution is 2.26. The van der Waals surface area contributed by atoms with Crippen molar-refractivity contribution >= 4 is 17.3 Å². The highest BCUT2D eigenvalue weighted by Gasteiger charge is 2.09. The largest absolute Gasteiger partial charge is 0.398 e. The van der Waals surface area contributed by atoms with Crippen LogP contribution in [0.15, 0.2) is 30.4 Å². The molecule has 0 unspecified atom stereocenters. The quantitative estimate of drug-likeness (QED) is 0.596. The molecule has 0 heterocycles. The first-order valence-electron chi connectivity index (χ1n) is 4.45. The van der Waals surface area contributed by atoms with E-state index >= 15 is 0 Å². The molecule has 1 aromatic carbocycles. The zero-order valence-corrected chi connectivity index (χ0v) is 9.01. The van der Waals surface area contributed by atoms with E-state index in [9.17, 15) is 0 Å². The minimum absolute atomic E-state index is 0.119. The van der Waals surface area contributed by atoms with Gasteiger partial charge in [-0.1, -0.05) is 17.2 Å². The number of hydrogen-bond acceptors (Lipinski definition) is 2. The van der Waals surface area contributed by atoms with Crippen LogP contribution >= 0.6 is 11.6 Å². The molecule has 0 saturated heterocycles. The molecule has 3 heteroatoms. The van der Waals surface area contributed by atoms with Crippen LogP contribution in [0.3, 0.4) is 0 Å². The van der Waals surface area contributed by atoms with E-state index in [1.165, 1.54) is 0 Å². The van der Waals surface area contributed by atoms with Crippen molar-refractivity contribution in [3.05, 3.63) is 40.9 Å². The molecule has 0 saturated carbocycles. The van der Waals surface area contributed by atoms with Gasteiger partial charge in [-0.25, -0.2) is 0 Å². The maximum Gasteiger partial charge on any atom is 0.0410 e. The van der Waals surface area contributed by atoms with Crippen molar-refractivity contribution in [1.29, 1.82) is 0 Å². The van der Waals surface area contributed by atoms with Crippen LogP contribution < -0.4 is 11.5 Å². The summed E-state index contributed by atoms with van der Waals surface area (Å²) < 4.78 is 0. The van der Waals surface area contributed by atoms with E-state index in [2.05, 4.69) is 6.58 Å². The summed E-state index contributed by atoms with van der Waals surface area (Å²) in [6, 6.07) is 5.22. The number of rotatable bonds is 3. The summed E-state index contributed by atoms with van der Waals surface area (Å²) in [5.41, 5.74) is 14.4. The Morgan fingerprint density at radius 2 is 2.21 bits per heavy atom. The fraction of sp³-hybridized carbons (Fsp3) is 0.273. The van der Waals surface area contributed by atoms with E-state index in [1.54, 1.807) is 12.1 Å². The zero-order chi connectivity index (χ0) is 10.7. The molecule has 1 rings (SSSR count). The van der Waals surface area contributed by atoms with Gasteiger partial charge in [-0.3, -0.25) is 0 Å². The Balaban J connectivity index is 2.93. The third-order valence-corrected chi connectivity index (χ3v) is 2.25. The van der Waals surface area contributed by atoms with Gasteiger partial charge in [0.2, 0.25) is 0 Å². The molecule has 2 nitrogen and oxygen atoms in total. The molecule has 1 atom stereocenters. The Hall–Kier alpha value is -0.990. The Bertz CT molecular complexity index is 347. The predicted octanol–water partition coefficient (Wildman–Crippen LogP) is 2.89. The van der Waals surface area contributed by atoms with Crippen molar-refractivity contribution < 1.29 is 0 Å². The first kappa shape index (κ1) is 11.1. The van der Waals surface area contributed by atoms with Crippen LogP contribution in [0.5, 0.6) is 0 Å². The van der Waals surface area contributed by atoms with Crippen LogP contribution in [0.2, 0.25) is 5.02 Å². The fourth-order valence-electron chi connectivity index (χ4n) is 1.35.